The van der Waals surface area contributed by atoms with Gasteiger partial charge in [0.25, 0.3) is 0 Å². The smallest absolute Gasteiger partial charge is 0.422 e. The molecule has 36 heavy (non-hydrogen) atoms. The molecule has 2 N–H and O–H groups in total. The summed E-state index contributed by atoms with van der Waals surface area (Å²) < 4.78 is 5.34. The van der Waals surface area contributed by atoms with Gasteiger partial charge in [-0.05, 0) is 71.0 Å². The zero-order chi connectivity index (χ0) is 25.7. The van der Waals surface area contributed by atoms with E-state index in [1.165, 1.54) is 6.42 Å². The second-order valence-electron chi connectivity index (χ2n) is 11.1. The Labute approximate surface area is 213 Å². The van der Waals surface area contributed by atoms with Gasteiger partial charge >= 0.3 is 6.09 Å². The van der Waals surface area contributed by atoms with Gasteiger partial charge < -0.3 is 9.64 Å². The van der Waals surface area contributed by atoms with E-state index in [1.807, 2.05) is 44.1 Å². The molecule has 3 saturated heterocycles. The fraction of sp³-hybridized carbons (Fsp3) is 0.692. The molecular formula is C26H40N6O4. The topological polar surface area (TPSA) is 107 Å². The number of piperazine rings is 1. The standard InChI is InChI=1S/C26H40N6O4/c1-26(2,3)36-25(35)29-32-12-9-19(10-13-32)8-11-30-14-16-31(17-15-30)20-4-6-22(27-18-20)21-5-7-23(33)28-24(21)34/h4,6,18-19,21H,5,7-17H2,1-3H3,(H,29,35)(H,28,33,34). The summed E-state index contributed by atoms with van der Waals surface area (Å²) in [4.78, 5) is 44.9. The van der Waals surface area contributed by atoms with Gasteiger partial charge in [-0.3, -0.25) is 30.2 Å². The molecule has 0 spiro atoms. The maximum Gasteiger partial charge on any atom is 0.422 e. The van der Waals surface area contributed by atoms with E-state index in [-0.39, 0.29) is 23.8 Å². The molecule has 3 amide bonds. The lowest BCUT2D eigenvalue weighted by molar-refractivity contribution is -0.134. The lowest BCUT2D eigenvalue weighted by atomic mass is 9.94. The second kappa shape index (κ2) is 11.6. The van der Waals surface area contributed by atoms with Crippen LogP contribution >= 0.6 is 0 Å². The molecule has 1 aromatic heterocycles. The van der Waals surface area contributed by atoms with Gasteiger partial charge in [-0.1, -0.05) is 0 Å². The highest BCUT2D eigenvalue weighted by Crippen LogP contribution is 2.26. The van der Waals surface area contributed by atoms with E-state index >= 15 is 0 Å². The molecule has 1 atom stereocenters. The van der Waals surface area contributed by atoms with Crippen LogP contribution in [0.3, 0.4) is 0 Å². The maximum atomic E-state index is 12.1. The van der Waals surface area contributed by atoms with Crippen LogP contribution in [-0.2, 0) is 14.3 Å². The van der Waals surface area contributed by atoms with Gasteiger partial charge in [-0.25, -0.2) is 9.80 Å². The number of pyridine rings is 1. The second-order valence-corrected chi connectivity index (χ2v) is 11.1. The number of hydrogen-bond donors (Lipinski definition) is 2. The first-order valence-electron chi connectivity index (χ1n) is 13.2. The largest absolute Gasteiger partial charge is 0.443 e. The minimum Gasteiger partial charge on any atom is -0.443 e. The fourth-order valence-corrected chi connectivity index (χ4v) is 5.12. The number of amides is 3. The molecule has 1 unspecified atom stereocenters. The summed E-state index contributed by atoms with van der Waals surface area (Å²) in [5.41, 5.74) is 4.19. The van der Waals surface area contributed by atoms with Crippen molar-refractivity contribution in [3.63, 3.8) is 0 Å². The molecule has 10 nitrogen and oxygen atoms in total. The SMILES string of the molecule is CC(C)(C)OC(=O)NN1CCC(CCN2CCN(c3ccc(C4CCC(=O)NC4=O)nc3)CC2)CC1. The molecule has 0 aromatic carbocycles. The minimum absolute atomic E-state index is 0.202. The van der Waals surface area contributed by atoms with Crippen molar-refractivity contribution in [3.05, 3.63) is 24.0 Å². The first-order valence-corrected chi connectivity index (χ1v) is 13.2. The number of piperidine rings is 2. The van der Waals surface area contributed by atoms with E-state index in [1.54, 1.807) is 0 Å². The quantitative estimate of drug-likeness (QED) is 0.573. The number of carbonyl (C=O) groups is 3. The van der Waals surface area contributed by atoms with Crippen LogP contribution in [0.4, 0.5) is 10.5 Å². The minimum atomic E-state index is -0.484. The molecule has 4 rings (SSSR count). The average molecular weight is 501 g/mol. The Morgan fingerprint density at radius 1 is 1.08 bits per heavy atom. The molecule has 3 aliphatic heterocycles. The Balaban J connectivity index is 1.14. The molecule has 198 valence electrons. The molecule has 0 radical (unpaired) electrons. The molecule has 0 aliphatic carbocycles. The normalized spacial score (nSPS) is 22.9. The van der Waals surface area contributed by atoms with Crippen molar-refractivity contribution in [1.29, 1.82) is 0 Å². The van der Waals surface area contributed by atoms with Crippen LogP contribution in [-0.4, -0.2) is 84.2 Å². The predicted molar refractivity (Wildman–Crippen MR) is 136 cm³/mol. The average Bonchev–Trinajstić information content (AvgIpc) is 2.83. The van der Waals surface area contributed by atoms with E-state index in [0.29, 0.717) is 18.8 Å². The molecular weight excluding hydrogens is 460 g/mol. The van der Waals surface area contributed by atoms with Crippen molar-refractivity contribution in [1.82, 2.24) is 25.6 Å². The molecule has 0 bridgehead atoms. The van der Waals surface area contributed by atoms with Crippen LogP contribution in [0.1, 0.15) is 64.5 Å². The highest BCUT2D eigenvalue weighted by Gasteiger charge is 2.29. The number of aromatic nitrogens is 1. The number of hydrogen-bond acceptors (Lipinski definition) is 8. The zero-order valence-electron chi connectivity index (χ0n) is 21.8. The Hall–Kier alpha value is -2.72. The summed E-state index contributed by atoms with van der Waals surface area (Å²) >= 11 is 0. The first kappa shape index (κ1) is 26.3. The highest BCUT2D eigenvalue weighted by molar-refractivity contribution is 6.00. The van der Waals surface area contributed by atoms with Crippen LogP contribution < -0.4 is 15.6 Å². The molecule has 3 fully saturated rings. The number of anilines is 1. The third-order valence-electron chi connectivity index (χ3n) is 7.22. The van der Waals surface area contributed by atoms with E-state index < -0.39 is 5.60 Å². The van der Waals surface area contributed by atoms with E-state index in [4.69, 9.17) is 4.74 Å². The van der Waals surface area contributed by atoms with Gasteiger partial charge in [0, 0.05) is 45.7 Å². The Morgan fingerprint density at radius 3 is 2.42 bits per heavy atom. The highest BCUT2D eigenvalue weighted by atomic mass is 16.6. The number of rotatable bonds is 6. The van der Waals surface area contributed by atoms with Gasteiger partial charge in [-0.15, -0.1) is 0 Å². The zero-order valence-corrected chi connectivity index (χ0v) is 21.8. The third kappa shape index (κ3) is 7.39. The number of nitrogens with zero attached hydrogens (tertiary/aromatic N) is 4. The van der Waals surface area contributed by atoms with Crippen LogP contribution in [0, 0.1) is 5.92 Å². The molecule has 1 aromatic rings. The van der Waals surface area contributed by atoms with Crippen molar-refractivity contribution < 1.29 is 19.1 Å². The molecule has 10 heteroatoms. The summed E-state index contributed by atoms with van der Waals surface area (Å²) in [5, 5.41) is 4.38. The monoisotopic (exact) mass is 500 g/mol. The maximum absolute atomic E-state index is 12.1. The number of nitrogens with one attached hydrogen (secondary N) is 2. The third-order valence-corrected chi connectivity index (χ3v) is 7.22. The van der Waals surface area contributed by atoms with Crippen LogP contribution in [0.15, 0.2) is 18.3 Å². The molecule has 4 heterocycles. The van der Waals surface area contributed by atoms with Crippen LogP contribution in [0.25, 0.3) is 0 Å². The lowest BCUT2D eigenvalue weighted by Gasteiger charge is -2.37. The summed E-state index contributed by atoms with van der Waals surface area (Å²) in [6.45, 7) is 12.4. The fourth-order valence-electron chi connectivity index (χ4n) is 5.12. The van der Waals surface area contributed by atoms with Crippen LogP contribution in [0.5, 0.6) is 0 Å². The van der Waals surface area contributed by atoms with Crippen molar-refractivity contribution in [2.24, 2.45) is 5.92 Å². The van der Waals surface area contributed by atoms with E-state index in [9.17, 15) is 14.4 Å². The van der Waals surface area contributed by atoms with Gasteiger partial charge in [0.15, 0.2) is 0 Å². The van der Waals surface area contributed by atoms with Crippen molar-refractivity contribution in [3.8, 4) is 0 Å². The summed E-state index contributed by atoms with van der Waals surface area (Å²) in [5.74, 6) is -0.103. The molecule has 3 aliphatic rings. The molecule has 0 saturated carbocycles. The van der Waals surface area contributed by atoms with Crippen molar-refractivity contribution >= 4 is 23.6 Å². The summed E-state index contributed by atoms with van der Waals surface area (Å²) in [6.07, 6.45) is 5.72. The Kier molecular flexibility index (Phi) is 8.46. The number of carbonyl (C=O) groups excluding carboxylic acids is 3. The van der Waals surface area contributed by atoms with Gasteiger partial charge in [-0.2, -0.15) is 0 Å². The lowest BCUT2D eigenvalue weighted by Crippen LogP contribution is -2.49. The van der Waals surface area contributed by atoms with Gasteiger partial charge in [0.1, 0.15) is 5.60 Å². The Bertz CT molecular complexity index is 915. The number of imide groups is 1. The predicted octanol–water partition coefficient (Wildman–Crippen LogP) is 2.27. The summed E-state index contributed by atoms with van der Waals surface area (Å²) in [6, 6.07) is 3.96. The number of ether oxygens (including phenoxy) is 1. The first-order chi connectivity index (χ1) is 17.2. The summed E-state index contributed by atoms with van der Waals surface area (Å²) in [7, 11) is 0. The van der Waals surface area contributed by atoms with E-state index in [2.05, 4.69) is 25.5 Å². The van der Waals surface area contributed by atoms with Crippen LogP contribution in [0.2, 0.25) is 0 Å². The van der Waals surface area contributed by atoms with E-state index in [0.717, 1.165) is 70.0 Å². The van der Waals surface area contributed by atoms with Crippen molar-refractivity contribution in [2.45, 2.75) is 64.4 Å². The van der Waals surface area contributed by atoms with Gasteiger partial charge in [0.05, 0.1) is 23.5 Å². The van der Waals surface area contributed by atoms with Gasteiger partial charge in [0.2, 0.25) is 11.8 Å². The van der Waals surface area contributed by atoms with Crippen molar-refractivity contribution in [2.75, 3.05) is 50.7 Å². The Morgan fingerprint density at radius 2 is 1.81 bits per heavy atom. The number of hydrazine groups is 1.